The maximum atomic E-state index is 13.1. The van der Waals surface area contributed by atoms with Gasteiger partial charge in [-0.2, -0.15) is 0 Å². The minimum atomic E-state index is -3.66. The molecule has 2 amide bonds. The van der Waals surface area contributed by atoms with Gasteiger partial charge in [0.25, 0.3) is 5.91 Å². The van der Waals surface area contributed by atoms with Gasteiger partial charge in [-0.1, -0.05) is 32.3 Å². The Morgan fingerprint density at radius 3 is 2.61 bits per heavy atom. The summed E-state index contributed by atoms with van der Waals surface area (Å²) in [6, 6.07) is 6.32. The van der Waals surface area contributed by atoms with E-state index in [-0.39, 0.29) is 34.7 Å². The average Bonchev–Trinajstić information content (AvgIpc) is 3.26. The molecule has 0 radical (unpaired) electrons. The molecule has 0 spiro atoms. The quantitative estimate of drug-likeness (QED) is 0.638. The fourth-order valence-electron chi connectivity index (χ4n) is 4.55. The van der Waals surface area contributed by atoms with Gasteiger partial charge in [0.1, 0.15) is 0 Å². The highest BCUT2D eigenvalue weighted by Gasteiger charge is 2.30. The lowest BCUT2D eigenvalue weighted by Gasteiger charge is -2.32. The van der Waals surface area contributed by atoms with Crippen molar-refractivity contribution in [2.24, 2.45) is 5.92 Å². The van der Waals surface area contributed by atoms with Crippen LogP contribution >= 0.6 is 0 Å². The van der Waals surface area contributed by atoms with Crippen LogP contribution in [0.1, 0.15) is 75.6 Å². The molecule has 0 bridgehead atoms. The number of rotatable bonds is 8. The van der Waals surface area contributed by atoms with Gasteiger partial charge >= 0.3 is 0 Å². The molecule has 1 heterocycles. The van der Waals surface area contributed by atoms with Crippen molar-refractivity contribution in [3.63, 3.8) is 0 Å². The van der Waals surface area contributed by atoms with Gasteiger partial charge in [0, 0.05) is 30.7 Å². The third-order valence-corrected chi connectivity index (χ3v) is 7.78. The van der Waals surface area contributed by atoms with Gasteiger partial charge < -0.3 is 10.2 Å². The van der Waals surface area contributed by atoms with Gasteiger partial charge in [-0.3, -0.25) is 9.59 Å². The third-order valence-electron chi connectivity index (χ3n) is 6.26. The van der Waals surface area contributed by atoms with Crippen molar-refractivity contribution >= 4 is 21.8 Å². The normalized spacial score (nSPS) is 21.1. The number of benzene rings is 1. The molecule has 2 aliphatic rings. The Hall–Kier alpha value is -1.93. The van der Waals surface area contributed by atoms with Crippen molar-refractivity contribution in [3.05, 3.63) is 29.8 Å². The largest absolute Gasteiger partial charge is 0.353 e. The first-order chi connectivity index (χ1) is 14.8. The first kappa shape index (κ1) is 23.7. The summed E-state index contributed by atoms with van der Waals surface area (Å²) < 4.78 is 28.3. The molecular weight excluding hydrogens is 414 g/mol. The second-order valence-electron chi connectivity index (χ2n) is 8.92. The molecule has 8 heteroatoms. The van der Waals surface area contributed by atoms with Crippen LogP contribution in [0.3, 0.4) is 0 Å². The number of carbonyl (C=O) groups excluding carboxylic acids is 2. The van der Waals surface area contributed by atoms with Crippen molar-refractivity contribution in [1.82, 2.24) is 14.9 Å². The smallest absolute Gasteiger partial charge is 0.253 e. The Morgan fingerprint density at radius 1 is 1.16 bits per heavy atom. The molecule has 2 atom stereocenters. The monoisotopic (exact) mass is 449 g/mol. The predicted molar refractivity (Wildman–Crippen MR) is 120 cm³/mol. The van der Waals surface area contributed by atoms with Gasteiger partial charge in [-0.05, 0) is 57.2 Å². The summed E-state index contributed by atoms with van der Waals surface area (Å²) in [7, 11) is -3.66. The van der Waals surface area contributed by atoms with E-state index in [1.165, 1.54) is 12.1 Å². The van der Waals surface area contributed by atoms with Crippen LogP contribution in [0.25, 0.3) is 0 Å². The topological polar surface area (TPSA) is 95.6 Å². The van der Waals surface area contributed by atoms with E-state index in [0.717, 1.165) is 51.4 Å². The van der Waals surface area contributed by atoms with Crippen LogP contribution in [0.15, 0.2) is 29.2 Å². The van der Waals surface area contributed by atoms with Crippen LogP contribution in [0, 0.1) is 5.92 Å². The number of carbonyl (C=O) groups is 2. The highest BCUT2D eigenvalue weighted by atomic mass is 32.2. The lowest BCUT2D eigenvalue weighted by atomic mass is 9.96. The standard InChI is InChI=1S/C23H35N3O4S/c1-3-8-17(2)24-22(27)19-10-7-14-26(16-19)23(28)18-9-6-13-21(15-18)31(29,30)25-20-11-4-5-12-20/h6,9,13,15,17,19-20,25H,3-5,7-8,10-12,14,16H2,1-2H3,(H,24,27). The van der Waals surface area contributed by atoms with Gasteiger partial charge in [0.15, 0.2) is 0 Å². The summed E-state index contributed by atoms with van der Waals surface area (Å²) in [5.41, 5.74) is 0.342. The van der Waals surface area contributed by atoms with Crippen molar-refractivity contribution in [1.29, 1.82) is 0 Å². The molecule has 2 N–H and O–H groups in total. The lowest BCUT2D eigenvalue weighted by Crippen LogP contribution is -2.47. The van der Waals surface area contributed by atoms with E-state index in [9.17, 15) is 18.0 Å². The number of hydrogen-bond acceptors (Lipinski definition) is 4. The van der Waals surface area contributed by atoms with Crippen LogP contribution in [0.4, 0.5) is 0 Å². The minimum absolute atomic E-state index is 0.00413. The summed E-state index contributed by atoms with van der Waals surface area (Å²) >= 11 is 0. The first-order valence-corrected chi connectivity index (χ1v) is 13.0. The molecule has 2 fully saturated rings. The number of sulfonamides is 1. The third kappa shape index (κ3) is 6.29. The molecule has 1 aromatic rings. The van der Waals surface area contributed by atoms with Gasteiger partial charge in [0.2, 0.25) is 15.9 Å². The number of nitrogens with zero attached hydrogens (tertiary/aromatic N) is 1. The zero-order valence-corrected chi connectivity index (χ0v) is 19.4. The SMILES string of the molecule is CCCC(C)NC(=O)C1CCCN(C(=O)c2cccc(S(=O)(=O)NC3CCCC3)c2)C1. The number of piperidine rings is 1. The van der Waals surface area contributed by atoms with E-state index in [1.54, 1.807) is 17.0 Å². The second-order valence-corrected chi connectivity index (χ2v) is 10.6. The number of nitrogens with one attached hydrogen (secondary N) is 2. The molecule has 1 aromatic carbocycles. The predicted octanol–water partition coefficient (Wildman–Crippen LogP) is 3.06. The van der Waals surface area contributed by atoms with E-state index >= 15 is 0 Å². The Bertz CT molecular complexity index is 881. The van der Waals surface area contributed by atoms with Crippen LogP contribution in [-0.4, -0.2) is 50.3 Å². The van der Waals surface area contributed by atoms with Crippen LogP contribution in [0.5, 0.6) is 0 Å². The van der Waals surface area contributed by atoms with E-state index in [4.69, 9.17) is 0 Å². The molecule has 172 valence electrons. The molecule has 7 nitrogen and oxygen atoms in total. The first-order valence-electron chi connectivity index (χ1n) is 11.5. The maximum absolute atomic E-state index is 13.1. The van der Waals surface area contributed by atoms with Crippen molar-refractivity contribution in [2.75, 3.05) is 13.1 Å². The molecule has 31 heavy (non-hydrogen) atoms. The summed E-state index contributed by atoms with van der Waals surface area (Å²) in [5.74, 6) is -0.458. The fraction of sp³-hybridized carbons (Fsp3) is 0.652. The van der Waals surface area contributed by atoms with Crippen LogP contribution in [-0.2, 0) is 14.8 Å². The number of amides is 2. The number of hydrogen-bond donors (Lipinski definition) is 2. The minimum Gasteiger partial charge on any atom is -0.353 e. The average molecular weight is 450 g/mol. The fourth-order valence-corrected chi connectivity index (χ4v) is 5.90. The Balaban J connectivity index is 1.66. The van der Waals surface area contributed by atoms with E-state index in [0.29, 0.717) is 18.7 Å². The molecule has 1 aliphatic carbocycles. The molecule has 2 unspecified atom stereocenters. The zero-order valence-electron chi connectivity index (χ0n) is 18.6. The van der Waals surface area contributed by atoms with E-state index in [2.05, 4.69) is 17.0 Å². The molecule has 3 rings (SSSR count). The Morgan fingerprint density at radius 2 is 1.90 bits per heavy atom. The molecule has 1 saturated heterocycles. The van der Waals surface area contributed by atoms with Crippen LogP contribution < -0.4 is 10.0 Å². The lowest BCUT2D eigenvalue weighted by molar-refractivity contribution is -0.127. The molecule has 1 saturated carbocycles. The summed E-state index contributed by atoms with van der Waals surface area (Å²) in [6.45, 7) is 5.02. The van der Waals surface area contributed by atoms with Gasteiger partial charge in [0.05, 0.1) is 10.8 Å². The van der Waals surface area contributed by atoms with Gasteiger partial charge in [-0.25, -0.2) is 13.1 Å². The summed E-state index contributed by atoms with van der Waals surface area (Å²) in [4.78, 5) is 27.5. The zero-order chi connectivity index (χ0) is 22.4. The maximum Gasteiger partial charge on any atom is 0.253 e. The highest BCUT2D eigenvalue weighted by molar-refractivity contribution is 7.89. The van der Waals surface area contributed by atoms with Crippen molar-refractivity contribution < 1.29 is 18.0 Å². The molecule has 0 aromatic heterocycles. The summed E-state index contributed by atoms with van der Waals surface area (Å²) in [6.07, 6.45) is 7.22. The second kappa shape index (κ2) is 10.6. The number of likely N-dealkylation sites (tertiary alicyclic amines) is 1. The highest BCUT2D eigenvalue weighted by Crippen LogP contribution is 2.23. The summed E-state index contributed by atoms with van der Waals surface area (Å²) in [5, 5.41) is 3.05. The van der Waals surface area contributed by atoms with E-state index < -0.39 is 10.0 Å². The van der Waals surface area contributed by atoms with E-state index in [1.807, 2.05) is 6.92 Å². The van der Waals surface area contributed by atoms with Crippen molar-refractivity contribution in [2.45, 2.75) is 82.2 Å². The molecular formula is C23H35N3O4S. The Kier molecular flexibility index (Phi) is 8.11. The molecule has 1 aliphatic heterocycles. The van der Waals surface area contributed by atoms with Gasteiger partial charge in [-0.15, -0.1) is 0 Å². The Labute approximate surface area is 186 Å². The van der Waals surface area contributed by atoms with Crippen molar-refractivity contribution in [3.8, 4) is 0 Å². The van der Waals surface area contributed by atoms with Crippen LogP contribution in [0.2, 0.25) is 0 Å².